The van der Waals surface area contributed by atoms with Gasteiger partial charge in [-0.1, -0.05) is 0 Å². The maximum Gasteiger partial charge on any atom is 0.0826 e. The summed E-state index contributed by atoms with van der Waals surface area (Å²) < 4.78 is 5.57. The van der Waals surface area contributed by atoms with Gasteiger partial charge < -0.3 is 9.84 Å². The zero-order valence-corrected chi connectivity index (χ0v) is 6.99. The van der Waals surface area contributed by atoms with E-state index < -0.39 is 5.60 Å². The first-order chi connectivity index (χ1) is 5.72. The highest BCUT2D eigenvalue weighted by molar-refractivity contribution is 4.98. The molecule has 0 aromatic heterocycles. The van der Waals surface area contributed by atoms with Gasteiger partial charge in [-0.25, -0.2) is 0 Å². The number of nitriles is 1. The molecule has 0 radical (unpaired) electrons. The van der Waals surface area contributed by atoms with Gasteiger partial charge in [-0.3, -0.25) is 0 Å². The molecule has 2 atom stereocenters. The highest BCUT2D eigenvalue weighted by Crippen LogP contribution is 2.39. The van der Waals surface area contributed by atoms with Gasteiger partial charge in [0.15, 0.2) is 0 Å². The molecule has 3 heteroatoms. The second kappa shape index (κ2) is 2.72. The molecule has 2 heterocycles. The van der Waals surface area contributed by atoms with Gasteiger partial charge in [0.1, 0.15) is 0 Å². The van der Waals surface area contributed by atoms with Crippen molar-refractivity contribution in [1.29, 1.82) is 5.26 Å². The van der Waals surface area contributed by atoms with Crippen LogP contribution in [0.4, 0.5) is 0 Å². The number of rotatable bonds is 1. The number of ether oxygens (including phenoxy) is 1. The zero-order chi connectivity index (χ0) is 8.60. The van der Waals surface area contributed by atoms with E-state index in [1.807, 2.05) is 6.07 Å². The molecule has 2 aliphatic rings. The minimum Gasteiger partial charge on any atom is -0.389 e. The number of hydrogen-bond donors (Lipinski definition) is 1. The summed E-state index contributed by atoms with van der Waals surface area (Å²) in [5.41, 5.74) is -0.751. The lowest BCUT2D eigenvalue weighted by molar-refractivity contribution is -0.108. The molecule has 2 bridgehead atoms. The van der Waals surface area contributed by atoms with Crippen molar-refractivity contribution in [2.75, 3.05) is 0 Å². The Kier molecular flexibility index (Phi) is 1.82. The fourth-order valence-electron chi connectivity index (χ4n) is 2.30. The van der Waals surface area contributed by atoms with Gasteiger partial charge in [0.05, 0.1) is 30.3 Å². The maximum atomic E-state index is 9.95. The number of aliphatic hydroxyl groups is 1. The molecule has 0 spiro atoms. The van der Waals surface area contributed by atoms with Gasteiger partial charge in [0, 0.05) is 12.8 Å². The Morgan fingerprint density at radius 2 is 2.00 bits per heavy atom. The zero-order valence-electron chi connectivity index (χ0n) is 6.99. The fraction of sp³-hybridized carbons (Fsp3) is 0.889. The van der Waals surface area contributed by atoms with Gasteiger partial charge >= 0.3 is 0 Å². The molecule has 0 aromatic carbocycles. The maximum absolute atomic E-state index is 9.95. The minimum atomic E-state index is -0.751. The molecule has 2 rings (SSSR count). The molecule has 2 saturated heterocycles. The van der Waals surface area contributed by atoms with E-state index in [9.17, 15) is 5.11 Å². The molecule has 0 amide bonds. The van der Waals surface area contributed by atoms with Crippen LogP contribution in [0.15, 0.2) is 0 Å². The molecular weight excluding hydrogens is 154 g/mol. The van der Waals surface area contributed by atoms with E-state index in [2.05, 4.69) is 0 Å². The van der Waals surface area contributed by atoms with Crippen LogP contribution in [0, 0.1) is 11.3 Å². The quantitative estimate of drug-likeness (QED) is 0.633. The normalized spacial score (nSPS) is 45.7. The molecule has 2 fully saturated rings. The monoisotopic (exact) mass is 167 g/mol. The van der Waals surface area contributed by atoms with Crippen molar-refractivity contribution in [2.24, 2.45) is 0 Å². The van der Waals surface area contributed by atoms with Crippen LogP contribution in [0.25, 0.3) is 0 Å². The van der Waals surface area contributed by atoms with Gasteiger partial charge in [-0.05, 0) is 12.8 Å². The van der Waals surface area contributed by atoms with Crippen molar-refractivity contribution < 1.29 is 9.84 Å². The molecule has 2 aliphatic heterocycles. The van der Waals surface area contributed by atoms with Gasteiger partial charge in [-0.15, -0.1) is 0 Å². The predicted octanol–water partition coefficient (Wildman–Crippen LogP) is 0.973. The van der Waals surface area contributed by atoms with E-state index in [4.69, 9.17) is 10.00 Å². The summed E-state index contributed by atoms with van der Waals surface area (Å²) in [6.07, 6.45) is 4.08. The molecule has 0 saturated carbocycles. The van der Waals surface area contributed by atoms with Crippen LogP contribution in [0.1, 0.15) is 32.1 Å². The summed E-state index contributed by atoms with van der Waals surface area (Å²) in [5.74, 6) is 0. The van der Waals surface area contributed by atoms with Crippen LogP contribution >= 0.6 is 0 Å². The van der Waals surface area contributed by atoms with Crippen LogP contribution in [-0.4, -0.2) is 22.9 Å². The predicted molar refractivity (Wildman–Crippen MR) is 42.3 cm³/mol. The van der Waals surface area contributed by atoms with E-state index in [1.54, 1.807) is 0 Å². The van der Waals surface area contributed by atoms with Crippen LogP contribution in [0.3, 0.4) is 0 Å². The molecule has 12 heavy (non-hydrogen) atoms. The van der Waals surface area contributed by atoms with E-state index in [-0.39, 0.29) is 18.6 Å². The Balaban J connectivity index is 2.06. The number of nitrogens with zero attached hydrogens (tertiary/aromatic N) is 1. The van der Waals surface area contributed by atoms with Crippen LogP contribution in [0.2, 0.25) is 0 Å². The molecule has 0 aromatic rings. The first-order valence-corrected chi connectivity index (χ1v) is 4.47. The highest BCUT2D eigenvalue weighted by Gasteiger charge is 2.43. The van der Waals surface area contributed by atoms with Crippen molar-refractivity contribution in [3.05, 3.63) is 0 Å². The third-order valence-electron chi connectivity index (χ3n) is 2.82. The van der Waals surface area contributed by atoms with Gasteiger partial charge in [-0.2, -0.15) is 5.26 Å². The Bertz CT molecular complexity index is 209. The van der Waals surface area contributed by atoms with Crippen molar-refractivity contribution in [1.82, 2.24) is 0 Å². The van der Waals surface area contributed by atoms with Crippen molar-refractivity contribution in [2.45, 2.75) is 49.9 Å². The standard InChI is InChI=1S/C9H13NO2/c10-4-3-9(11)5-7-1-2-8(6-9)12-7/h7-8,11H,1-3,5-6H2. The molecule has 3 nitrogen and oxygen atoms in total. The summed E-state index contributed by atoms with van der Waals surface area (Å²) in [5, 5.41) is 18.5. The smallest absolute Gasteiger partial charge is 0.0826 e. The summed E-state index contributed by atoms with van der Waals surface area (Å²) >= 11 is 0. The van der Waals surface area contributed by atoms with Gasteiger partial charge in [0.2, 0.25) is 0 Å². The lowest BCUT2D eigenvalue weighted by Gasteiger charge is -2.34. The molecule has 66 valence electrons. The van der Waals surface area contributed by atoms with E-state index in [0.29, 0.717) is 12.8 Å². The van der Waals surface area contributed by atoms with Gasteiger partial charge in [0.25, 0.3) is 0 Å². The second-order valence-electron chi connectivity index (χ2n) is 3.92. The Hall–Kier alpha value is -0.590. The summed E-state index contributed by atoms with van der Waals surface area (Å²) in [6, 6.07) is 2.04. The lowest BCUT2D eigenvalue weighted by Crippen LogP contribution is -2.40. The summed E-state index contributed by atoms with van der Waals surface area (Å²) in [4.78, 5) is 0. The average molecular weight is 167 g/mol. The number of fused-ring (bicyclic) bond motifs is 2. The second-order valence-corrected chi connectivity index (χ2v) is 3.92. The Labute approximate surface area is 71.9 Å². The molecule has 2 unspecified atom stereocenters. The molecular formula is C9H13NO2. The van der Waals surface area contributed by atoms with Crippen LogP contribution < -0.4 is 0 Å². The Morgan fingerprint density at radius 3 is 2.50 bits per heavy atom. The fourth-order valence-corrected chi connectivity index (χ4v) is 2.30. The summed E-state index contributed by atoms with van der Waals surface area (Å²) in [6.45, 7) is 0. The highest BCUT2D eigenvalue weighted by atomic mass is 16.5. The van der Waals surface area contributed by atoms with Crippen molar-refractivity contribution >= 4 is 0 Å². The SMILES string of the molecule is N#CCC1(O)CC2CCC(C1)O2. The van der Waals surface area contributed by atoms with E-state index in [0.717, 1.165) is 12.8 Å². The van der Waals surface area contributed by atoms with Crippen LogP contribution in [0.5, 0.6) is 0 Å². The molecule has 0 aliphatic carbocycles. The lowest BCUT2D eigenvalue weighted by atomic mass is 9.88. The van der Waals surface area contributed by atoms with E-state index in [1.165, 1.54) is 0 Å². The van der Waals surface area contributed by atoms with Crippen molar-refractivity contribution in [3.8, 4) is 6.07 Å². The average Bonchev–Trinajstić information content (AvgIpc) is 2.31. The third kappa shape index (κ3) is 1.33. The molecule has 1 N–H and O–H groups in total. The first kappa shape index (κ1) is 8.03. The first-order valence-electron chi connectivity index (χ1n) is 4.47. The third-order valence-corrected chi connectivity index (χ3v) is 2.82. The summed E-state index contributed by atoms with van der Waals surface area (Å²) in [7, 11) is 0. The van der Waals surface area contributed by atoms with Crippen molar-refractivity contribution in [3.63, 3.8) is 0 Å². The topological polar surface area (TPSA) is 53.2 Å². The Morgan fingerprint density at radius 1 is 1.42 bits per heavy atom. The van der Waals surface area contributed by atoms with Crippen LogP contribution in [-0.2, 0) is 4.74 Å². The van der Waals surface area contributed by atoms with E-state index >= 15 is 0 Å². The number of hydrogen-bond acceptors (Lipinski definition) is 3. The minimum absolute atomic E-state index is 0.210. The largest absolute Gasteiger partial charge is 0.389 e.